The normalized spacial score (nSPS) is 13.3. The SMILES string of the molecule is CC(NC(=O)OC(C)(C)C)C(=O)NC(N)Cc1ccccc1.Cl. The van der Waals surface area contributed by atoms with Gasteiger partial charge < -0.3 is 21.1 Å². The predicted octanol–water partition coefficient (Wildman–Crippen LogP) is 1.97. The number of alkyl carbamates (subject to hydrolysis) is 1. The molecule has 1 aromatic rings. The molecule has 0 heterocycles. The topological polar surface area (TPSA) is 93.4 Å². The Balaban J connectivity index is 0.00000484. The molecule has 4 N–H and O–H groups in total. The van der Waals surface area contributed by atoms with Crippen LogP contribution in [0.1, 0.15) is 33.3 Å². The lowest BCUT2D eigenvalue weighted by molar-refractivity contribution is -0.123. The summed E-state index contributed by atoms with van der Waals surface area (Å²) in [4.78, 5) is 23.6. The molecule has 7 heteroatoms. The lowest BCUT2D eigenvalue weighted by Crippen LogP contribution is -2.52. The van der Waals surface area contributed by atoms with Crippen LogP contribution in [0.3, 0.4) is 0 Å². The summed E-state index contributed by atoms with van der Waals surface area (Å²) in [6.07, 6.45) is -0.629. The average molecular weight is 344 g/mol. The highest BCUT2D eigenvalue weighted by molar-refractivity contribution is 5.85. The van der Waals surface area contributed by atoms with Gasteiger partial charge in [-0.15, -0.1) is 12.4 Å². The summed E-state index contributed by atoms with van der Waals surface area (Å²) in [5.41, 5.74) is 6.32. The van der Waals surface area contributed by atoms with E-state index < -0.39 is 23.9 Å². The molecule has 0 saturated carbocycles. The number of amides is 2. The minimum atomic E-state index is -0.725. The van der Waals surface area contributed by atoms with E-state index in [9.17, 15) is 9.59 Å². The van der Waals surface area contributed by atoms with Crippen LogP contribution >= 0.6 is 12.4 Å². The van der Waals surface area contributed by atoms with Crippen molar-refractivity contribution < 1.29 is 14.3 Å². The zero-order chi connectivity index (χ0) is 16.8. The Morgan fingerprint density at radius 3 is 2.26 bits per heavy atom. The maximum atomic E-state index is 12.0. The Bertz CT molecular complexity index is 503. The minimum absolute atomic E-state index is 0. The van der Waals surface area contributed by atoms with Crippen LogP contribution in [-0.4, -0.2) is 29.8 Å². The van der Waals surface area contributed by atoms with Gasteiger partial charge in [0, 0.05) is 6.42 Å². The first-order chi connectivity index (χ1) is 10.2. The van der Waals surface area contributed by atoms with Gasteiger partial charge in [-0.1, -0.05) is 30.3 Å². The van der Waals surface area contributed by atoms with Crippen molar-refractivity contribution in [1.82, 2.24) is 10.6 Å². The molecule has 1 aromatic carbocycles. The van der Waals surface area contributed by atoms with Crippen molar-refractivity contribution in [2.24, 2.45) is 5.73 Å². The van der Waals surface area contributed by atoms with Gasteiger partial charge in [0.25, 0.3) is 0 Å². The van der Waals surface area contributed by atoms with Crippen molar-refractivity contribution in [1.29, 1.82) is 0 Å². The Kier molecular flexibility index (Phi) is 8.64. The molecule has 0 radical (unpaired) electrons. The number of halogens is 1. The molecule has 0 bridgehead atoms. The summed E-state index contributed by atoms with van der Waals surface area (Å²) in [6.45, 7) is 6.85. The van der Waals surface area contributed by atoms with Crippen molar-refractivity contribution in [2.75, 3.05) is 0 Å². The van der Waals surface area contributed by atoms with E-state index in [0.717, 1.165) is 5.56 Å². The summed E-state index contributed by atoms with van der Waals surface area (Å²) in [7, 11) is 0. The maximum Gasteiger partial charge on any atom is 0.408 e. The van der Waals surface area contributed by atoms with Gasteiger partial charge in [-0.2, -0.15) is 0 Å². The fourth-order valence-electron chi connectivity index (χ4n) is 1.78. The van der Waals surface area contributed by atoms with Crippen LogP contribution in [0.4, 0.5) is 4.79 Å². The maximum absolute atomic E-state index is 12.0. The first-order valence-electron chi connectivity index (χ1n) is 7.27. The number of rotatable bonds is 5. The van der Waals surface area contributed by atoms with Crippen LogP contribution in [0.2, 0.25) is 0 Å². The monoisotopic (exact) mass is 343 g/mol. The summed E-state index contributed by atoms with van der Waals surface area (Å²) in [5, 5.41) is 5.14. The molecule has 2 amide bonds. The van der Waals surface area contributed by atoms with E-state index >= 15 is 0 Å². The van der Waals surface area contributed by atoms with Gasteiger partial charge >= 0.3 is 6.09 Å². The van der Waals surface area contributed by atoms with E-state index in [1.807, 2.05) is 30.3 Å². The Morgan fingerprint density at radius 1 is 1.17 bits per heavy atom. The smallest absolute Gasteiger partial charge is 0.408 e. The molecule has 0 aromatic heterocycles. The molecule has 130 valence electrons. The predicted molar refractivity (Wildman–Crippen MR) is 92.3 cm³/mol. The Labute approximate surface area is 143 Å². The summed E-state index contributed by atoms with van der Waals surface area (Å²) >= 11 is 0. The second-order valence-electron chi connectivity index (χ2n) is 6.17. The number of benzene rings is 1. The lowest BCUT2D eigenvalue weighted by Gasteiger charge is -2.22. The number of carbonyl (C=O) groups excluding carboxylic acids is 2. The fourth-order valence-corrected chi connectivity index (χ4v) is 1.78. The van der Waals surface area contributed by atoms with E-state index in [0.29, 0.717) is 6.42 Å². The molecular weight excluding hydrogens is 318 g/mol. The highest BCUT2D eigenvalue weighted by Crippen LogP contribution is 2.06. The van der Waals surface area contributed by atoms with Gasteiger partial charge in [0.1, 0.15) is 11.6 Å². The van der Waals surface area contributed by atoms with Gasteiger partial charge in [0.05, 0.1) is 6.17 Å². The second-order valence-corrected chi connectivity index (χ2v) is 6.17. The van der Waals surface area contributed by atoms with Crippen molar-refractivity contribution >= 4 is 24.4 Å². The Morgan fingerprint density at radius 2 is 1.74 bits per heavy atom. The van der Waals surface area contributed by atoms with E-state index in [4.69, 9.17) is 10.5 Å². The van der Waals surface area contributed by atoms with Crippen LogP contribution in [0.25, 0.3) is 0 Å². The molecule has 0 aliphatic heterocycles. The third-order valence-electron chi connectivity index (χ3n) is 2.75. The van der Waals surface area contributed by atoms with Crippen LogP contribution in [-0.2, 0) is 16.0 Å². The largest absolute Gasteiger partial charge is 0.444 e. The van der Waals surface area contributed by atoms with Crippen molar-refractivity contribution in [2.45, 2.75) is 51.9 Å². The van der Waals surface area contributed by atoms with Crippen LogP contribution < -0.4 is 16.4 Å². The first-order valence-corrected chi connectivity index (χ1v) is 7.27. The van der Waals surface area contributed by atoms with Gasteiger partial charge in [0.15, 0.2) is 0 Å². The zero-order valence-electron chi connectivity index (χ0n) is 14.0. The zero-order valence-corrected chi connectivity index (χ0v) is 14.8. The van der Waals surface area contributed by atoms with E-state index in [-0.39, 0.29) is 18.3 Å². The molecule has 0 spiro atoms. The summed E-state index contributed by atoms with van der Waals surface area (Å²) in [5.74, 6) is -0.353. The lowest BCUT2D eigenvalue weighted by atomic mass is 10.1. The third-order valence-corrected chi connectivity index (χ3v) is 2.75. The van der Waals surface area contributed by atoms with E-state index in [1.165, 1.54) is 0 Å². The highest BCUT2D eigenvalue weighted by atomic mass is 35.5. The van der Waals surface area contributed by atoms with Gasteiger partial charge in [0.2, 0.25) is 5.91 Å². The molecule has 23 heavy (non-hydrogen) atoms. The molecule has 1 rings (SSSR count). The molecule has 6 nitrogen and oxygen atoms in total. The first kappa shape index (κ1) is 21.2. The summed E-state index contributed by atoms with van der Waals surface area (Å²) < 4.78 is 5.10. The van der Waals surface area contributed by atoms with Crippen molar-refractivity contribution in [3.63, 3.8) is 0 Å². The van der Waals surface area contributed by atoms with E-state index in [1.54, 1.807) is 27.7 Å². The van der Waals surface area contributed by atoms with Crippen molar-refractivity contribution in [3.8, 4) is 0 Å². The molecule has 0 saturated heterocycles. The second kappa shape index (κ2) is 9.37. The molecule has 0 fully saturated rings. The van der Waals surface area contributed by atoms with Crippen LogP contribution in [0.15, 0.2) is 30.3 Å². The number of nitrogens with two attached hydrogens (primary N) is 1. The van der Waals surface area contributed by atoms with Crippen LogP contribution in [0, 0.1) is 0 Å². The quantitative estimate of drug-likeness (QED) is 0.712. The van der Waals surface area contributed by atoms with Crippen LogP contribution in [0.5, 0.6) is 0 Å². The molecule has 2 unspecified atom stereocenters. The molecule has 2 atom stereocenters. The van der Waals surface area contributed by atoms with Crippen molar-refractivity contribution in [3.05, 3.63) is 35.9 Å². The number of ether oxygens (including phenoxy) is 1. The Hall–Kier alpha value is -1.79. The molecule has 0 aliphatic rings. The average Bonchev–Trinajstić information content (AvgIpc) is 2.37. The van der Waals surface area contributed by atoms with Gasteiger partial charge in [-0.25, -0.2) is 4.79 Å². The standard InChI is InChI=1S/C16H25N3O3.ClH/c1-11(18-15(21)22-16(2,3)4)14(20)19-13(17)10-12-8-6-5-7-9-12;/h5-9,11,13H,10,17H2,1-4H3,(H,18,21)(H,19,20);1H. The fraction of sp³-hybridized carbons (Fsp3) is 0.500. The number of hydrogen-bond acceptors (Lipinski definition) is 4. The van der Waals surface area contributed by atoms with Gasteiger partial charge in [-0.05, 0) is 33.3 Å². The highest BCUT2D eigenvalue weighted by Gasteiger charge is 2.21. The summed E-state index contributed by atoms with van der Waals surface area (Å²) in [6, 6.07) is 8.90. The third kappa shape index (κ3) is 9.05. The number of carbonyl (C=O) groups is 2. The molecular formula is C16H26ClN3O3. The minimum Gasteiger partial charge on any atom is -0.444 e. The molecule has 0 aliphatic carbocycles. The number of hydrogen-bond donors (Lipinski definition) is 3. The number of nitrogens with one attached hydrogen (secondary N) is 2. The van der Waals surface area contributed by atoms with E-state index in [2.05, 4.69) is 10.6 Å². The van der Waals surface area contributed by atoms with Gasteiger partial charge in [-0.3, -0.25) is 4.79 Å².